The fourth-order valence-electron chi connectivity index (χ4n) is 1.97. The molecular weight excluding hydrogens is 268 g/mol. The second kappa shape index (κ2) is 5.68. The van der Waals surface area contributed by atoms with Crippen LogP contribution < -0.4 is 5.56 Å². The maximum Gasteiger partial charge on any atom is 0.306 e. The first-order valence-electron chi connectivity index (χ1n) is 6.89. The Morgan fingerprint density at radius 1 is 1.33 bits per heavy atom. The van der Waals surface area contributed by atoms with E-state index in [1.165, 1.54) is 10.5 Å². The molecule has 0 saturated carbocycles. The molecule has 0 fully saturated rings. The molecule has 5 nitrogen and oxygen atoms in total. The molecule has 5 heteroatoms. The molecule has 2 rings (SSSR count). The van der Waals surface area contributed by atoms with E-state index < -0.39 is 0 Å². The summed E-state index contributed by atoms with van der Waals surface area (Å²) in [5, 5.41) is 0. The van der Waals surface area contributed by atoms with E-state index in [2.05, 4.69) is 4.98 Å². The number of esters is 1. The van der Waals surface area contributed by atoms with Crippen molar-refractivity contribution in [2.75, 3.05) is 0 Å². The van der Waals surface area contributed by atoms with Gasteiger partial charge in [0.2, 0.25) is 0 Å². The quantitative estimate of drug-likeness (QED) is 0.814. The van der Waals surface area contributed by atoms with Crippen molar-refractivity contribution >= 4 is 11.6 Å². The third-order valence-corrected chi connectivity index (χ3v) is 2.92. The summed E-state index contributed by atoms with van der Waals surface area (Å²) in [4.78, 5) is 28.0. The number of ether oxygens (including phenoxy) is 1. The topological polar surface area (TPSA) is 60.7 Å². The van der Waals surface area contributed by atoms with Gasteiger partial charge in [-0.2, -0.15) is 0 Å². The summed E-state index contributed by atoms with van der Waals surface area (Å²) in [6.07, 6.45) is 2.07. The lowest BCUT2D eigenvalue weighted by molar-refractivity contribution is -0.147. The average molecular weight is 288 g/mol. The Morgan fingerprint density at radius 3 is 2.71 bits per heavy atom. The Morgan fingerprint density at radius 2 is 2.05 bits per heavy atom. The fraction of sp³-hybridized carbons (Fsp3) is 0.438. The zero-order valence-corrected chi connectivity index (χ0v) is 12.8. The Hall–Kier alpha value is -2.17. The van der Waals surface area contributed by atoms with E-state index in [0.29, 0.717) is 17.8 Å². The molecule has 0 N–H and O–H groups in total. The van der Waals surface area contributed by atoms with Crippen LogP contribution in [0.15, 0.2) is 29.2 Å². The van der Waals surface area contributed by atoms with Crippen molar-refractivity contribution in [3.63, 3.8) is 0 Å². The molecule has 0 saturated heterocycles. The predicted molar refractivity (Wildman–Crippen MR) is 80.1 cm³/mol. The summed E-state index contributed by atoms with van der Waals surface area (Å²) in [7, 11) is 0. The van der Waals surface area contributed by atoms with E-state index in [9.17, 15) is 9.59 Å². The molecular formula is C16H20N2O3. The normalized spacial score (nSPS) is 11.6. The molecule has 2 heterocycles. The number of aryl methyl sites for hydroxylation is 1. The zero-order valence-electron chi connectivity index (χ0n) is 12.8. The largest absolute Gasteiger partial charge is 0.459 e. The van der Waals surface area contributed by atoms with Gasteiger partial charge < -0.3 is 4.74 Å². The lowest BCUT2D eigenvalue weighted by Crippen LogP contribution is -2.18. The van der Waals surface area contributed by atoms with Gasteiger partial charge in [-0.1, -0.05) is 26.8 Å². The van der Waals surface area contributed by atoms with Crippen molar-refractivity contribution in [3.05, 3.63) is 46.0 Å². The number of carbonyl (C=O) groups excluding carboxylic acids is 1. The van der Waals surface area contributed by atoms with Gasteiger partial charge in [0.15, 0.2) is 0 Å². The molecule has 21 heavy (non-hydrogen) atoms. The Bertz CT molecular complexity index is 726. The van der Waals surface area contributed by atoms with Gasteiger partial charge in [-0.05, 0) is 24.0 Å². The van der Waals surface area contributed by atoms with E-state index >= 15 is 0 Å². The van der Waals surface area contributed by atoms with Gasteiger partial charge in [-0.15, -0.1) is 0 Å². The molecule has 0 atom stereocenters. The molecule has 0 unspecified atom stereocenters. The lowest BCUT2D eigenvalue weighted by Gasteiger charge is -2.16. The van der Waals surface area contributed by atoms with Crippen LogP contribution in [-0.4, -0.2) is 15.4 Å². The minimum atomic E-state index is -0.284. The van der Waals surface area contributed by atoms with Crippen LogP contribution in [0, 0.1) is 12.3 Å². The van der Waals surface area contributed by atoms with Gasteiger partial charge in [0.25, 0.3) is 5.56 Å². The van der Waals surface area contributed by atoms with Crippen molar-refractivity contribution in [3.8, 4) is 0 Å². The van der Waals surface area contributed by atoms with Crippen LogP contribution in [0.5, 0.6) is 0 Å². The van der Waals surface area contributed by atoms with Crippen LogP contribution in [0.1, 0.15) is 38.4 Å². The van der Waals surface area contributed by atoms with E-state index in [1.807, 2.05) is 33.8 Å². The molecule has 2 aromatic rings. The minimum absolute atomic E-state index is 0.0224. The first-order chi connectivity index (χ1) is 9.74. The summed E-state index contributed by atoms with van der Waals surface area (Å²) in [6, 6.07) is 5.06. The lowest BCUT2D eigenvalue weighted by atomic mass is 9.92. The third kappa shape index (κ3) is 4.15. The van der Waals surface area contributed by atoms with Crippen LogP contribution in [0.25, 0.3) is 5.65 Å². The standard InChI is InChI=1S/C16H20N2O3/c1-11-5-6-13-17-12(7-14(19)18(13)9-11)10-21-15(20)8-16(2,3)4/h5-7,9H,8,10H2,1-4H3. The summed E-state index contributed by atoms with van der Waals surface area (Å²) in [5.41, 5.74) is 1.70. The maximum atomic E-state index is 12.0. The van der Waals surface area contributed by atoms with Gasteiger partial charge in [-0.3, -0.25) is 14.0 Å². The highest BCUT2D eigenvalue weighted by Crippen LogP contribution is 2.19. The number of fused-ring (bicyclic) bond motifs is 1. The van der Waals surface area contributed by atoms with Crippen molar-refractivity contribution in [1.29, 1.82) is 0 Å². The molecule has 112 valence electrons. The van der Waals surface area contributed by atoms with Crippen molar-refractivity contribution in [2.24, 2.45) is 5.41 Å². The zero-order chi connectivity index (χ0) is 15.6. The van der Waals surface area contributed by atoms with Crippen LogP contribution in [0.2, 0.25) is 0 Å². The summed E-state index contributed by atoms with van der Waals surface area (Å²) < 4.78 is 6.66. The van der Waals surface area contributed by atoms with E-state index in [0.717, 1.165) is 5.56 Å². The molecule has 0 aromatic carbocycles. The number of hydrogen-bond donors (Lipinski definition) is 0. The van der Waals surface area contributed by atoms with Crippen molar-refractivity contribution in [2.45, 2.75) is 40.7 Å². The van der Waals surface area contributed by atoms with Crippen molar-refractivity contribution in [1.82, 2.24) is 9.38 Å². The molecule has 0 amide bonds. The number of hydrogen-bond acceptors (Lipinski definition) is 4. The Kier molecular flexibility index (Phi) is 4.11. The predicted octanol–water partition coefficient (Wildman–Crippen LogP) is 2.48. The highest BCUT2D eigenvalue weighted by Gasteiger charge is 2.17. The minimum Gasteiger partial charge on any atom is -0.459 e. The third-order valence-electron chi connectivity index (χ3n) is 2.92. The summed E-state index contributed by atoms with van der Waals surface area (Å²) in [5.74, 6) is -0.284. The van der Waals surface area contributed by atoms with Gasteiger partial charge in [0, 0.05) is 12.3 Å². The molecule has 0 bridgehead atoms. The highest BCUT2D eigenvalue weighted by atomic mass is 16.5. The SMILES string of the molecule is Cc1ccc2nc(COC(=O)CC(C)(C)C)cc(=O)n2c1. The molecule has 0 aliphatic heterocycles. The van der Waals surface area contributed by atoms with Crippen LogP contribution in [-0.2, 0) is 16.1 Å². The molecule has 0 aliphatic rings. The fourth-order valence-corrected chi connectivity index (χ4v) is 1.97. The van der Waals surface area contributed by atoms with Crippen LogP contribution in [0.4, 0.5) is 0 Å². The number of carbonyl (C=O) groups is 1. The van der Waals surface area contributed by atoms with Gasteiger partial charge in [0.05, 0.1) is 12.1 Å². The summed E-state index contributed by atoms with van der Waals surface area (Å²) in [6.45, 7) is 7.84. The second-order valence-corrected chi connectivity index (χ2v) is 6.42. The van der Waals surface area contributed by atoms with Gasteiger partial charge in [-0.25, -0.2) is 4.98 Å². The molecule has 0 spiro atoms. The van der Waals surface area contributed by atoms with Crippen LogP contribution in [0.3, 0.4) is 0 Å². The van der Waals surface area contributed by atoms with E-state index in [1.54, 1.807) is 12.3 Å². The average Bonchev–Trinajstić information content (AvgIpc) is 2.35. The van der Waals surface area contributed by atoms with Crippen molar-refractivity contribution < 1.29 is 9.53 Å². The Balaban J connectivity index is 2.15. The first-order valence-corrected chi connectivity index (χ1v) is 6.89. The Labute approximate surface area is 123 Å². The highest BCUT2D eigenvalue weighted by molar-refractivity contribution is 5.70. The first kappa shape index (κ1) is 15.2. The van der Waals surface area contributed by atoms with E-state index in [4.69, 9.17) is 4.74 Å². The smallest absolute Gasteiger partial charge is 0.306 e. The molecule has 0 aliphatic carbocycles. The van der Waals surface area contributed by atoms with Gasteiger partial charge in [0.1, 0.15) is 12.3 Å². The van der Waals surface area contributed by atoms with Crippen LogP contribution >= 0.6 is 0 Å². The second-order valence-electron chi connectivity index (χ2n) is 6.42. The summed E-state index contributed by atoms with van der Waals surface area (Å²) >= 11 is 0. The maximum absolute atomic E-state index is 12.0. The van der Waals surface area contributed by atoms with Gasteiger partial charge >= 0.3 is 5.97 Å². The van der Waals surface area contributed by atoms with E-state index in [-0.39, 0.29) is 23.6 Å². The molecule has 2 aromatic heterocycles. The number of pyridine rings is 1. The number of aromatic nitrogens is 2. The number of rotatable bonds is 3. The molecule has 0 radical (unpaired) electrons. The monoisotopic (exact) mass is 288 g/mol. The number of nitrogens with zero attached hydrogens (tertiary/aromatic N) is 2.